The first-order chi connectivity index (χ1) is 9.76. The Bertz CT molecular complexity index is 310. The average Bonchev–Trinajstić information content (AvgIpc) is 2.39. The first kappa shape index (κ1) is 19.7. The van der Waals surface area contributed by atoms with Crippen LogP contribution in [0.5, 0.6) is 0 Å². The second-order valence-corrected chi connectivity index (χ2v) is 6.58. The molecule has 124 valence electrons. The minimum atomic E-state index is -0.687. The second-order valence-electron chi connectivity index (χ2n) is 6.58. The van der Waals surface area contributed by atoms with Crippen LogP contribution < -0.4 is 5.32 Å². The predicted octanol–water partition coefficient (Wildman–Crippen LogP) is 3.66. The van der Waals surface area contributed by atoms with Crippen molar-refractivity contribution in [2.24, 2.45) is 5.41 Å². The minimum absolute atomic E-state index is 0.0976. The molecule has 0 bridgehead atoms. The molecule has 21 heavy (non-hydrogen) atoms. The number of alkyl carbamates (subject to hydrolysis) is 1. The van der Waals surface area contributed by atoms with Gasteiger partial charge in [0, 0.05) is 0 Å². The highest BCUT2D eigenvalue weighted by atomic mass is 16.6. The molecule has 0 saturated heterocycles. The van der Waals surface area contributed by atoms with E-state index in [0.29, 0.717) is 13.2 Å². The Labute approximate surface area is 128 Å². The van der Waals surface area contributed by atoms with Gasteiger partial charge in [0.05, 0.1) is 13.2 Å². The van der Waals surface area contributed by atoms with Gasteiger partial charge in [-0.05, 0) is 18.8 Å². The van der Waals surface area contributed by atoms with E-state index in [1.165, 1.54) is 19.3 Å². The summed E-state index contributed by atoms with van der Waals surface area (Å²) >= 11 is 0. The number of nitrogens with one attached hydrogen (secondary N) is 1. The fourth-order valence-electron chi connectivity index (χ4n) is 1.56. The number of hydrogen-bond donors (Lipinski definition) is 1. The van der Waals surface area contributed by atoms with E-state index < -0.39 is 18.1 Å². The van der Waals surface area contributed by atoms with Gasteiger partial charge in [-0.25, -0.2) is 9.59 Å². The van der Waals surface area contributed by atoms with E-state index in [1.807, 2.05) is 20.8 Å². The summed E-state index contributed by atoms with van der Waals surface area (Å²) in [7, 11) is 0. The highest BCUT2D eigenvalue weighted by Gasteiger charge is 2.19. The summed E-state index contributed by atoms with van der Waals surface area (Å²) in [6, 6.07) is -0.687. The van der Waals surface area contributed by atoms with Crippen molar-refractivity contribution in [3.05, 3.63) is 0 Å². The van der Waals surface area contributed by atoms with E-state index >= 15 is 0 Å². The zero-order valence-corrected chi connectivity index (χ0v) is 14.2. The third-order valence-electron chi connectivity index (χ3n) is 2.82. The van der Waals surface area contributed by atoms with E-state index in [1.54, 1.807) is 6.92 Å². The Kier molecular flexibility index (Phi) is 9.84. The highest BCUT2D eigenvalue weighted by molar-refractivity contribution is 5.80. The average molecular weight is 301 g/mol. The van der Waals surface area contributed by atoms with Gasteiger partial charge in [0.25, 0.3) is 0 Å². The van der Waals surface area contributed by atoms with E-state index in [9.17, 15) is 9.59 Å². The third-order valence-corrected chi connectivity index (χ3v) is 2.82. The molecular weight excluding hydrogens is 270 g/mol. The van der Waals surface area contributed by atoms with Gasteiger partial charge in [0.15, 0.2) is 0 Å². The van der Waals surface area contributed by atoms with Crippen molar-refractivity contribution in [2.75, 3.05) is 13.2 Å². The molecule has 0 aromatic rings. The second kappa shape index (κ2) is 10.5. The Morgan fingerprint density at radius 1 is 1.05 bits per heavy atom. The maximum atomic E-state index is 11.7. The van der Waals surface area contributed by atoms with Crippen LogP contribution in [0.15, 0.2) is 0 Å². The number of unbranched alkanes of at least 4 members (excludes halogenated alkanes) is 4. The molecule has 5 nitrogen and oxygen atoms in total. The molecule has 0 unspecified atom stereocenters. The lowest BCUT2D eigenvalue weighted by molar-refractivity contribution is -0.145. The summed E-state index contributed by atoms with van der Waals surface area (Å²) in [6.07, 6.45) is 4.92. The van der Waals surface area contributed by atoms with Gasteiger partial charge in [-0.1, -0.05) is 53.4 Å². The Balaban J connectivity index is 3.76. The molecule has 1 atom stereocenters. The number of ether oxygens (including phenoxy) is 2. The molecule has 0 heterocycles. The molecule has 0 saturated carbocycles. The van der Waals surface area contributed by atoms with E-state index in [-0.39, 0.29) is 5.41 Å². The normalized spacial score (nSPS) is 12.6. The number of amides is 1. The van der Waals surface area contributed by atoms with Crippen molar-refractivity contribution < 1.29 is 19.1 Å². The molecule has 5 heteroatoms. The van der Waals surface area contributed by atoms with Crippen LogP contribution in [0, 0.1) is 5.41 Å². The van der Waals surface area contributed by atoms with Crippen LogP contribution in [-0.2, 0) is 14.3 Å². The summed E-state index contributed by atoms with van der Waals surface area (Å²) in [5.41, 5.74) is -0.0976. The summed E-state index contributed by atoms with van der Waals surface area (Å²) in [5, 5.41) is 2.48. The van der Waals surface area contributed by atoms with Crippen molar-refractivity contribution in [3.8, 4) is 0 Å². The molecule has 0 aliphatic carbocycles. The van der Waals surface area contributed by atoms with E-state index in [4.69, 9.17) is 9.47 Å². The van der Waals surface area contributed by atoms with Crippen LogP contribution in [-0.4, -0.2) is 31.3 Å². The van der Waals surface area contributed by atoms with Crippen molar-refractivity contribution in [2.45, 2.75) is 72.8 Å². The summed E-state index contributed by atoms with van der Waals surface area (Å²) in [6.45, 7) is 10.4. The molecule has 0 fully saturated rings. The molecule has 0 aromatic carbocycles. The molecule has 0 aliphatic rings. The first-order valence-corrected chi connectivity index (χ1v) is 7.86. The molecule has 1 N–H and O–H groups in total. The number of rotatable bonds is 9. The predicted molar refractivity (Wildman–Crippen MR) is 83.1 cm³/mol. The SMILES string of the molecule is CCCCCCCOC(=O)[C@H](C)NC(=O)OCC(C)(C)C. The van der Waals surface area contributed by atoms with Crippen LogP contribution in [0.4, 0.5) is 4.79 Å². The van der Waals surface area contributed by atoms with Crippen LogP contribution >= 0.6 is 0 Å². The Morgan fingerprint density at radius 2 is 1.67 bits per heavy atom. The van der Waals surface area contributed by atoms with Gasteiger partial charge >= 0.3 is 12.1 Å². The number of carbonyl (C=O) groups excluding carboxylic acids is 2. The minimum Gasteiger partial charge on any atom is -0.464 e. The third kappa shape index (κ3) is 12.2. The van der Waals surface area contributed by atoms with E-state index in [2.05, 4.69) is 12.2 Å². The smallest absolute Gasteiger partial charge is 0.407 e. The van der Waals surface area contributed by atoms with E-state index in [0.717, 1.165) is 12.8 Å². The number of carbonyl (C=O) groups is 2. The van der Waals surface area contributed by atoms with Crippen LogP contribution in [0.3, 0.4) is 0 Å². The zero-order chi connectivity index (χ0) is 16.3. The summed E-state index contributed by atoms with van der Waals surface area (Å²) in [5.74, 6) is -0.418. The molecular formula is C16H31NO4. The fraction of sp³-hybridized carbons (Fsp3) is 0.875. The van der Waals surface area contributed by atoms with Gasteiger partial charge in [-0.15, -0.1) is 0 Å². The number of esters is 1. The molecule has 0 aliphatic heterocycles. The zero-order valence-electron chi connectivity index (χ0n) is 14.2. The van der Waals surface area contributed by atoms with Crippen LogP contribution in [0.2, 0.25) is 0 Å². The Morgan fingerprint density at radius 3 is 2.24 bits per heavy atom. The van der Waals surface area contributed by atoms with Gasteiger partial charge in [0.2, 0.25) is 0 Å². The number of hydrogen-bond acceptors (Lipinski definition) is 4. The molecule has 1 amide bonds. The lowest BCUT2D eigenvalue weighted by atomic mass is 9.99. The molecule has 0 rings (SSSR count). The largest absolute Gasteiger partial charge is 0.464 e. The van der Waals surface area contributed by atoms with Gasteiger partial charge < -0.3 is 14.8 Å². The monoisotopic (exact) mass is 301 g/mol. The molecule has 0 radical (unpaired) electrons. The van der Waals surface area contributed by atoms with Crippen molar-refractivity contribution in [1.82, 2.24) is 5.32 Å². The molecule has 0 aromatic heterocycles. The van der Waals surface area contributed by atoms with Crippen molar-refractivity contribution in [3.63, 3.8) is 0 Å². The fourth-order valence-corrected chi connectivity index (χ4v) is 1.56. The summed E-state index contributed by atoms with van der Waals surface area (Å²) in [4.78, 5) is 23.2. The first-order valence-electron chi connectivity index (χ1n) is 7.86. The van der Waals surface area contributed by atoms with Crippen LogP contribution in [0.1, 0.15) is 66.7 Å². The van der Waals surface area contributed by atoms with Crippen molar-refractivity contribution in [1.29, 1.82) is 0 Å². The maximum absolute atomic E-state index is 11.7. The van der Waals surface area contributed by atoms with Crippen LogP contribution in [0.25, 0.3) is 0 Å². The Hall–Kier alpha value is -1.26. The maximum Gasteiger partial charge on any atom is 0.407 e. The van der Waals surface area contributed by atoms with Gasteiger partial charge in [-0.3, -0.25) is 0 Å². The topological polar surface area (TPSA) is 64.6 Å². The molecule has 0 spiro atoms. The lowest BCUT2D eigenvalue weighted by Gasteiger charge is -2.19. The van der Waals surface area contributed by atoms with Gasteiger partial charge in [-0.2, -0.15) is 0 Å². The highest BCUT2D eigenvalue weighted by Crippen LogP contribution is 2.12. The van der Waals surface area contributed by atoms with Crippen molar-refractivity contribution >= 4 is 12.1 Å². The van der Waals surface area contributed by atoms with Gasteiger partial charge in [0.1, 0.15) is 6.04 Å². The standard InChI is InChI=1S/C16H31NO4/c1-6-7-8-9-10-11-20-14(18)13(2)17-15(19)21-12-16(3,4)5/h13H,6-12H2,1-5H3,(H,17,19)/t13-/m0/s1. The summed E-state index contributed by atoms with van der Waals surface area (Å²) < 4.78 is 10.2. The lowest BCUT2D eigenvalue weighted by Crippen LogP contribution is -2.40. The quantitative estimate of drug-likeness (QED) is 0.521.